The molecular weight excluding hydrogens is 146 g/mol. The molecule has 1 fully saturated rings. The van der Waals surface area contributed by atoms with Crippen LogP contribution in [0.3, 0.4) is 0 Å². The first-order valence-electron chi connectivity index (χ1n) is 4.39. The Balaban J connectivity index is 2.46. The van der Waals surface area contributed by atoms with Crippen molar-refractivity contribution in [3.05, 3.63) is 0 Å². The second-order valence-corrected chi connectivity index (χ2v) is 3.96. The van der Waals surface area contributed by atoms with E-state index in [4.69, 9.17) is 0 Å². The first-order chi connectivity index (χ1) is 5.01. The summed E-state index contributed by atoms with van der Waals surface area (Å²) in [4.78, 5) is 0. The summed E-state index contributed by atoms with van der Waals surface area (Å²) in [6.45, 7) is 4.07. The molecule has 2 heteroatoms. The smallest absolute Gasteiger partial charge is 0.207 e. The SMILES string of the molecule is CC(C)[C@@H]1CCCC(F)(F)C1. The van der Waals surface area contributed by atoms with Crippen molar-refractivity contribution in [3.8, 4) is 0 Å². The Hall–Kier alpha value is -0.140. The van der Waals surface area contributed by atoms with Gasteiger partial charge in [0.05, 0.1) is 0 Å². The fraction of sp³-hybridized carbons (Fsp3) is 1.00. The number of hydrogen-bond donors (Lipinski definition) is 0. The molecule has 0 saturated heterocycles. The van der Waals surface area contributed by atoms with Gasteiger partial charge in [0.15, 0.2) is 0 Å². The van der Waals surface area contributed by atoms with Crippen molar-refractivity contribution in [1.29, 1.82) is 0 Å². The summed E-state index contributed by atoms with van der Waals surface area (Å²) >= 11 is 0. The predicted octanol–water partition coefficient (Wildman–Crippen LogP) is 3.47. The van der Waals surface area contributed by atoms with Crippen LogP contribution in [-0.4, -0.2) is 5.92 Å². The van der Waals surface area contributed by atoms with Gasteiger partial charge in [-0.1, -0.05) is 13.8 Å². The van der Waals surface area contributed by atoms with Crippen molar-refractivity contribution in [3.63, 3.8) is 0 Å². The van der Waals surface area contributed by atoms with Gasteiger partial charge in [0, 0.05) is 12.8 Å². The minimum Gasteiger partial charge on any atom is -0.207 e. The largest absolute Gasteiger partial charge is 0.248 e. The van der Waals surface area contributed by atoms with Crippen LogP contribution in [0.2, 0.25) is 0 Å². The fourth-order valence-electron chi connectivity index (χ4n) is 1.78. The number of rotatable bonds is 1. The van der Waals surface area contributed by atoms with Crippen LogP contribution >= 0.6 is 0 Å². The molecule has 0 aliphatic heterocycles. The average molecular weight is 162 g/mol. The lowest BCUT2D eigenvalue weighted by Crippen LogP contribution is -2.28. The molecule has 0 unspecified atom stereocenters. The highest BCUT2D eigenvalue weighted by molar-refractivity contribution is 4.79. The van der Waals surface area contributed by atoms with Crippen LogP contribution in [0.5, 0.6) is 0 Å². The van der Waals surface area contributed by atoms with Crippen LogP contribution in [0.25, 0.3) is 0 Å². The van der Waals surface area contributed by atoms with E-state index in [0.29, 0.717) is 12.3 Å². The van der Waals surface area contributed by atoms with Crippen LogP contribution in [-0.2, 0) is 0 Å². The average Bonchev–Trinajstić information content (AvgIpc) is 1.85. The first-order valence-corrected chi connectivity index (χ1v) is 4.39. The Morgan fingerprint density at radius 1 is 1.36 bits per heavy atom. The van der Waals surface area contributed by atoms with Crippen LogP contribution in [0.1, 0.15) is 39.5 Å². The van der Waals surface area contributed by atoms with Gasteiger partial charge in [-0.25, -0.2) is 8.78 Å². The third-order valence-electron chi connectivity index (χ3n) is 2.62. The summed E-state index contributed by atoms with van der Waals surface area (Å²) < 4.78 is 25.6. The molecule has 11 heavy (non-hydrogen) atoms. The quantitative estimate of drug-likeness (QED) is 0.553. The Morgan fingerprint density at radius 3 is 2.36 bits per heavy atom. The molecule has 1 rings (SSSR count). The third-order valence-corrected chi connectivity index (χ3v) is 2.62. The van der Waals surface area contributed by atoms with E-state index < -0.39 is 5.92 Å². The van der Waals surface area contributed by atoms with Crippen molar-refractivity contribution in [2.24, 2.45) is 11.8 Å². The summed E-state index contributed by atoms with van der Waals surface area (Å²) in [5.74, 6) is -1.70. The van der Waals surface area contributed by atoms with Crippen LogP contribution < -0.4 is 0 Å². The van der Waals surface area contributed by atoms with Crippen molar-refractivity contribution in [2.75, 3.05) is 0 Å². The molecule has 0 radical (unpaired) electrons. The molecular formula is C9H16F2. The lowest BCUT2D eigenvalue weighted by molar-refractivity contribution is -0.0595. The predicted molar refractivity (Wildman–Crippen MR) is 41.7 cm³/mol. The molecule has 0 aromatic rings. The molecule has 0 spiro atoms. The minimum absolute atomic E-state index is 0.107. The van der Waals surface area contributed by atoms with Gasteiger partial charge in [0.1, 0.15) is 0 Å². The molecule has 0 N–H and O–H groups in total. The molecule has 0 nitrogen and oxygen atoms in total. The van der Waals surface area contributed by atoms with Crippen molar-refractivity contribution in [2.45, 2.75) is 45.5 Å². The molecule has 1 atom stereocenters. The van der Waals surface area contributed by atoms with E-state index in [1.165, 1.54) is 0 Å². The second kappa shape index (κ2) is 3.08. The van der Waals surface area contributed by atoms with Gasteiger partial charge >= 0.3 is 0 Å². The summed E-state index contributed by atoms with van der Waals surface area (Å²) in [6, 6.07) is 0. The molecule has 0 heterocycles. The lowest BCUT2D eigenvalue weighted by Gasteiger charge is -2.31. The van der Waals surface area contributed by atoms with E-state index in [1.54, 1.807) is 0 Å². The van der Waals surface area contributed by atoms with E-state index in [-0.39, 0.29) is 18.8 Å². The van der Waals surface area contributed by atoms with Gasteiger partial charge in [-0.05, 0) is 24.7 Å². The van der Waals surface area contributed by atoms with Gasteiger partial charge in [0.2, 0.25) is 5.92 Å². The maximum absolute atomic E-state index is 12.8. The van der Waals surface area contributed by atoms with E-state index in [2.05, 4.69) is 0 Å². The minimum atomic E-state index is -2.37. The summed E-state index contributed by atoms with van der Waals surface area (Å²) in [7, 11) is 0. The highest BCUT2D eigenvalue weighted by atomic mass is 19.3. The van der Waals surface area contributed by atoms with Gasteiger partial charge in [-0.15, -0.1) is 0 Å². The lowest BCUT2D eigenvalue weighted by atomic mass is 9.80. The van der Waals surface area contributed by atoms with Crippen molar-refractivity contribution < 1.29 is 8.78 Å². The molecule has 1 aliphatic carbocycles. The standard InChI is InChI=1S/C9H16F2/c1-7(2)8-4-3-5-9(10,11)6-8/h7-8H,3-6H2,1-2H3/t8-/m1/s1. The number of halogens is 2. The second-order valence-electron chi connectivity index (χ2n) is 3.96. The summed E-state index contributed by atoms with van der Waals surface area (Å²) in [5, 5.41) is 0. The van der Waals surface area contributed by atoms with E-state index in [1.807, 2.05) is 13.8 Å². The maximum atomic E-state index is 12.8. The molecule has 0 bridgehead atoms. The maximum Gasteiger partial charge on any atom is 0.248 e. The van der Waals surface area contributed by atoms with E-state index in [9.17, 15) is 8.78 Å². The zero-order valence-electron chi connectivity index (χ0n) is 7.24. The summed E-state index contributed by atoms with van der Waals surface area (Å²) in [6.07, 6.45) is 1.92. The highest BCUT2D eigenvalue weighted by Crippen LogP contribution is 2.39. The zero-order chi connectivity index (χ0) is 8.48. The van der Waals surface area contributed by atoms with Gasteiger partial charge in [-0.2, -0.15) is 0 Å². The highest BCUT2D eigenvalue weighted by Gasteiger charge is 2.36. The normalized spacial score (nSPS) is 30.8. The summed E-state index contributed by atoms with van der Waals surface area (Å²) in [5.41, 5.74) is 0. The van der Waals surface area contributed by atoms with Crippen LogP contribution in [0.4, 0.5) is 8.78 Å². The van der Waals surface area contributed by atoms with Gasteiger partial charge in [0.25, 0.3) is 0 Å². The Labute approximate surface area is 67.0 Å². The molecule has 0 aromatic heterocycles. The fourth-order valence-corrected chi connectivity index (χ4v) is 1.78. The van der Waals surface area contributed by atoms with Gasteiger partial charge in [-0.3, -0.25) is 0 Å². The van der Waals surface area contributed by atoms with Gasteiger partial charge < -0.3 is 0 Å². The molecule has 66 valence electrons. The van der Waals surface area contributed by atoms with E-state index in [0.717, 1.165) is 6.42 Å². The Morgan fingerprint density at radius 2 is 2.00 bits per heavy atom. The van der Waals surface area contributed by atoms with Crippen LogP contribution in [0.15, 0.2) is 0 Å². The van der Waals surface area contributed by atoms with Crippen molar-refractivity contribution >= 4 is 0 Å². The molecule has 0 amide bonds. The Bertz CT molecular complexity index is 130. The zero-order valence-corrected chi connectivity index (χ0v) is 7.24. The topological polar surface area (TPSA) is 0 Å². The third kappa shape index (κ3) is 2.42. The molecule has 1 aliphatic rings. The van der Waals surface area contributed by atoms with E-state index >= 15 is 0 Å². The van der Waals surface area contributed by atoms with Crippen LogP contribution in [0, 0.1) is 11.8 Å². The van der Waals surface area contributed by atoms with Crippen molar-refractivity contribution in [1.82, 2.24) is 0 Å². The number of hydrogen-bond acceptors (Lipinski definition) is 0. The molecule has 1 saturated carbocycles. The first kappa shape index (κ1) is 8.95. The Kier molecular flexibility index (Phi) is 2.50. The molecule has 0 aromatic carbocycles. The monoisotopic (exact) mass is 162 g/mol. The number of alkyl halides is 2.